The Balaban J connectivity index is 1.88. The Kier molecular flexibility index (Phi) is 2.70. The van der Waals surface area contributed by atoms with Gasteiger partial charge in [0.25, 0.3) is 0 Å². The summed E-state index contributed by atoms with van der Waals surface area (Å²) in [5.41, 5.74) is -0.398. The number of benzene rings is 3. The Hall–Kier alpha value is -2.62. The summed E-state index contributed by atoms with van der Waals surface area (Å²) in [6.07, 6.45) is 5.34. The van der Waals surface area contributed by atoms with E-state index < -0.39 is 5.66 Å². The summed E-state index contributed by atoms with van der Waals surface area (Å²) in [4.78, 5) is 9.64. The predicted octanol–water partition coefficient (Wildman–Crippen LogP) is 3.32. The first kappa shape index (κ1) is 13.8. The van der Waals surface area contributed by atoms with Gasteiger partial charge in [0, 0.05) is 16.2 Å². The topological polar surface area (TPSA) is 65.2 Å². The lowest BCUT2D eigenvalue weighted by molar-refractivity contribution is 0.308. The van der Waals surface area contributed by atoms with E-state index in [4.69, 9.17) is 9.98 Å². The zero-order valence-corrected chi connectivity index (χ0v) is 13.3. The van der Waals surface area contributed by atoms with Crippen LogP contribution in [0.1, 0.15) is 32.1 Å². The normalized spacial score (nSPS) is 18.5. The smallest absolute Gasteiger partial charge is 0.151 e. The Morgan fingerprint density at radius 1 is 0.792 bits per heavy atom. The van der Waals surface area contributed by atoms with Crippen LogP contribution in [0.4, 0.5) is 0 Å². The number of nitrogens with zero attached hydrogens (tertiary/aromatic N) is 2. The van der Waals surface area contributed by atoms with Gasteiger partial charge >= 0.3 is 0 Å². The Morgan fingerprint density at radius 2 is 1.54 bits per heavy atom. The fraction of sp³-hybridized carbons (Fsp3) is 0.300. The minimum atomic E-state index is -0.398. The van der Waals surface area contributed by atoms with Crippen molar-refractivity contribution in [3.05, 3.63) is 47.1 Å². The van der Waals surface area contributed by atoms with Crippen LogP contribution in [0.2, 0.25) is 0 Å². The second-order valence-electron chi connectivity index (χ2n) is 6.90. The number of aromatic hydroxyl groups is 2. The summed E-state index contributed by atoms with van der Waals surface area (Å²) in [7, 11) is 0. The van der Waals surface area contributed by atoms with Gasteiger partial charge in [-0.2, -0.15) is 0 Å². The molecule has 2 N–H and O–H groups in total. The van der Waals surface area contributed by atoms with Gasteiger partial charge in [-0.1, -0.05) is 30.7 Å². The number of fused-ring (bicyclic) bond motifs is 3. The van der Waals surface area contributed by atoms with Gasteiger partial charge in [0.2, 0.25) is 0 Å². The van der Waals surface area contributed by atoms with Crippen molar-refractivity contribution in [2.45, 2.75) is 37.8 Å². The summed E-state index contributed by atoms with van der Waals surface area (Å²) < 4.78 is 0. The first-order valence-electron chi connectivity index (χ1n) is 8.53. The molecule has 1 aliphatic heterocycles. The van der Waals surface area contributed by atoms with E-state index >= 15 is 0 Å². The molecule has 3 aromatic rings. The van der Waals surface area contributed by atoms with E-state index in [2.05, 4.69) is 0 Å². The number of rotatable bonds is 0. The molecule has 120 valence electrons. The molecule has 3 aromatic carbocycles. The first-order chi connectivity index (χ1) is 11.7. The molecule has 0 bridgehead atoms. The average Bonchev–Trinajstić information content (AvgIpc) is 2.95. The summed E-state index contributed by atoms with van der Waals surface area (Å²) in [6, 6.07) is 11.4. The largest absolute Gasteiger partial charge is 0.507 e. The first-order valence-corrected chi connectivity index (χ1v) is 8.53. The van der Waals surface area contributed by atoms with E-state index in [0.29, 0.717) is 21.5 Å². The summed E-state index contributed by atoms with van der Waals surface area (Å²) in [5, 5.41) is 25.7. The van der Waals surface area contributed by atoms with Gasteiger partial charge in [0.1, 0.15) is 11.1 Å². The van der Waals surface area contributed by atoms with Crippen LogP contribution in [0.3, 0.4) is 0 Å². The van der Waals surface area contributed by atoms with Crippen molar-refractivity contribution in [3.63, 3.8) is 0 Å². The monoisotopic (exact) mass is 318 g/mol. The molecule has 1 heterocycles. The zero-order chi connectivity index (χ0) is 16.3. The molecule has 1 spiro atoms. The van der Waals surface area contributed by atoms with E-state index in [9.17, 15) is 10.2 Å². The Bertz CT molecular complexity index is 1110. The van der Waals surface area contributed by atoms with E-state index in [1.807, 2.05) is 36.4 Å². The van der Waals surface area contributed by atoms with Crippen molar-refractivity contribution >= 4 is 21.5 Å². The number of phenolic OH excluding ortho intramolecular Hbond substituents is 2. The highest BCUT2D eigenvalue weighted by molar-refractivity contribution is 6.06. The number of phenols is 2. The summed E-state index contributed by atoms with van der Waals surface area (Å²) in [6.45, 7) is 0. The van der Waals surface area contributed by atoms with E-state index in [0.717, 1.165) is 36.5 Å². The van der Waals surface area contributed by atoms with Gasteiger partial charge in [-0.25, -0.2) is 4.99 Å². The van der Waals surface area contributed by atoms with Crippen molar-refractivity contribution < 1.29 is 10.2 Å². The molecule has 4 nitrogen and oxygen atoms in total. The van der Waals surface area contributed by atoms with Crippen molar-refractivity contribution in [2.24, 2.45) is 9.98 Å². The molecular formula is C20H18N2O2. The van der Waals surface area contributed by atoms with E-state index in [1.165, 1.54) is 6.42 Å². The van der Waals surface area contributed by atoms with Crippen molar-refractivity contribution in [2.75, 3.05) is 0 Å². The molecule has 0 unspecified atom stereocenters. The van der Waals surface area contributed by atoms with Gasteiger partial charge in [-0.3, -0.25) is 4.99 Å². The average molecular weight is 318 g/mol. The van der Waals surface area contributed by atoms with Gasteiger partial charge in [0.15, 0.2) is 11.4 Å². The highest BCUT2D eigenvalue weighted by Gasteiger charge is 2.34. The van der Waals surface area contributed by atoms with Crippen LogP contribution in [0.25, 0.3) is 21.5 Å². The minimum absolute atomic E-state index is 0.134. The molecule has 0 aromatic heterocycles. The molecule has 1 saturated carbocycles. The van der Waals surface area contributed by atoms with Crippen LogP contribution >= 0.6 is 0 Å². The summed E-state index contributed by atoms with van der Waals surface area (Å²) in [5.74, 6) is 0.329. The number of hydrogen-bond donors (Lipinski definition) is 2. The Morgan fingerprint density at radius 3 is 2.38 bits per heavy atom. The third kappa shape index (κ3) is 1.80. The molecule has 5 rings (SSSR count). The lowest BCUT2D eigenvalue weighted by atomic mass is 9.90. The maximum atomic E-state index is 10.8. The van der Waals surface area contributed by atoms with Crippen LogP contribution in [-0.2, 0) is 0 Å². The van der Waals surface area contributed by atoms with Crippen LogP contribution in [0, 0.1) is 0 Å². The predicted molar refractivity (Wildman–Crippen MR) is 92.9 cm³/mol. The third-order valence-corrected chi connectivity index (χ3v) is 5.37. The third-order valence-electron chi connectivity index (χ3n) is 5.37. The van der Waals surface area contributed by atoms with Crippen molar-refractivity contribution in [1.29, 1.82) is 0 Å². The van der Waals surface area contributed by atoms with Gasteiger partial charge in [-0.15, -0.1) is 0 Å². The highest BCUT2D eigenvalue weighted by Crippen LogP contribution is 2.38. The zero-order valence-electron chi connectivity index (χ0n) is 13.3. The fourth-order valence-corrected chi connectivity index (χ4v) is 4.13. The van der Waals surface area contributed by atoms with Crippen molar-refractivity contribution in [3.8, 4) is 11.5 Å². The molecule has 1 fully saturated rings. The number of hydrogen-bond acceptors (Lipinski definition) is 4. The molecule has 0 amide bonds. The second kappa shape index (κ2) is 4.69. The quantitative estimate of drug-likeness (QED) is 0.625. The van der Waals surface area contributed by atoms with Crippen LogP contribution in [-0.4, -0.2) is 15.9 Å². The van der Waals surface area contributed by atoms with Gasteiger partial charge in [0.05, 0.1) is 5.36 Å². The van der Waals surface area contributed by atoms with Crippen molar-refractivity contribution in [1.82, 2.24) is 0 Å². The van der Waals surface area contributed by atoms with E-state index in [1.54, 1.807) is 0 Å². The molecular weight excluding hydrogens is 300 g/mol. The van der Waals surface area contributed by atoms with Gasteiger partial charge < -0.3 is 10.2 Å². The molecule has 0 saturated heterocycles. The highest BCUT2D eigenvalue weighted by atomic mass is 16.3. The minimum Gasteiger partial charge on any atom is -0.507 e. The van der Waals surface area contributed by atoms with Crippen LogP contribution < -0.4 is 10.7 Å². The lowest BCUT2D eigenvalue weighted by Gasteiger charge is -2.27. The summed E-state index contributed by atoms with van der Waals surface area (Å²) >= 11 is 0. The molecule has 24 heavy (non-hydrogen) atoms. The fourth-order valence-electron chi connectivity index (χ4n) is 4.13. The molecule has 0 atom stereocenters. The van der Waals surface area contributed by atoms with Crippen LogP contribution in [0.15, 0.2) is 46.4 Å². The molecule has 4 heteroatoms. The van der Waals surface area contributed by atoms with E-state index in [-0.39, 0.29) is 11.5 Å². The molecule has 2 aliphatic rings. The Labute approximate surface area is 138 Å². The maximum Gasteiger partial charge on any atom is 0.151 e. The lowest BCUT2D eigenvalue weighted by Crippen LogP contribution is -2.26. The van der Waals surface area contributed by atoms with Crippen LogP contribution in [0.5, 0.6) is 11.5 Å². The van der Waals surface area contributed by atoms with Gasteiger partial charge in [-0.05, 0) is 43.2 Å². The standard InChI is InChI=1S/C20H18N2O2/c23-18-13-7-3-2-6-12(13)10-14-15(18)11-16-17(19(14)24)22-20(21-16)8-4-1-5-9-20/h2-3,6-7,10-11,23-24H,1,4-5,8-9H2. The maximum absolute atomic E-state index is 10.8. The molecule has 1 aliphatic carbocycles. The second-order valence-corrected chi connectivity index (χ2v) is 6.90. The molecule has 0 radical (unpaired) electrons. The SMILES string of the molecule is Oc1c2c(cc3c(O)c4ccccc4cc13)=NC1(CCCCC1)N=2.